The smallest absolute Gasteiger partial charge is 0.151 e. The normalized spacial score (nSPS) is 10.6. The number of methoxy groups -OCH3 is 1. The Morgan fingerprint density at radius 3 is 3.00 bits per heavy atom. The van der Waals surface area contributed by atoms with Gasteiger partial charge in [0.1, 0.15) is 11.3 Å². The van der Waals surface area contributed by atoms with E-state index in [1.165, 1.54) is 4.70 Å². The SMILES string of the molecule is COc1cccc2sc(SC)nc12. The lowest BCUT2D eigenvalue weighted by Gasteiger charge is -1.97. The minimum Gasteiger partial charge on any atom is -0.494 e. The number of nitrogens with zero attached hydrogens (tertiary/aromatic N) is 1. The Kier molecular flexibility index (Phi) is 2.42. The quantitative estimate of drug-likeness (QED) is 0.713. The molecule has 2 nitrogen and oxygen atoms in total. The van der Waals surface area contributed by atoms with Crippen LogP contribution in [0.4, 0.5) is 0 Å². The second-order valence-electron chi connectivity index (χ2n) is 2.49. The number of thiazole rings is 1. The lowest BCUT2D eigenvalue weighted by molar-refractivity contribution is 0.419. The molecule has 0 aliphatic rings. The Morgan fingerprint density at radius 2 is 2.31 bits per heavy atom. The Hall–Kier alpha value is -0.740. The minimum absolute atomic E-state index is 0.856. The molecule has 0 fully saturated rings. The van der Waals surface area contributed by atoms with Crippen LogP contribution < -0.4 is 4.74 Å². The molecular weight excluding hydrogens is 202 g/mol. The van der Waals surface area contributed by atoms with E-state index in [-0.39, 0.29) is 0 Å². The summed E-state index contributed by atoms with van der Waals surface area (Å²) in [6.45, 7) is 0. The van der Waals surface area contributed by atoms with Crippen molar-refractivity contribution in [2.24, 2.45) is 0 Å². The Morgan fingerprint density at radius 1 is 1.46 bits per heavy atom. The molecule has 0 spiro atoms. The Balaban J connectivity index is 2.67. The van der Waals surface area contributed by atoms with Crippen molar-refractivity contribution in [3.63, 3.8) is 0 Å². The van der Waals surface area contributed by atoms with E-state index in [4.69, 9.17) is 4.74 Å². The van der Waals surface area contributed by atoms with Crippen LogP contribution in [0.2, 0.25) is 0 Å². The van der Waals surface area contributed by atoms with Crippen LogP contribution in [-0.2, 0) is 0 Å². The number of para-hydroxylation sites is 1. The van der Waals surface area contributed by atoms with Gasteiger partial charge in [0.2, 0.25) is 0 Å². The number of fused-ring (bicyclic) bond motifs is 1. The predicted octanol–water partition coefficient (Wildman–Crippen LogP) is 3.03. The van der Waals surface area contributed by atoms with Gasteiger partial charge in [0.05, 0.1) is 11.8 Å². The molecule has 0 radical (unpaired) electrons. The Bertz CT molecular complexity index is 424. The van der Waals surface area contributed by atoms with Gasteiger partial charge in [-0.05, 0) is 18.4 Å². The number of rotatable bonds is 2. The third-order valence-corrected chi connectivity index (χ3v) is 3.76. The van der Waals surface area contributed by atoms with Crippen molar-refractivity contribution in [2.45, 2.75) is 4.34 Å². The number of benzene rings is 1. The fraction of sp³-hybridized carbons (Fsp3) is 0.222. The molecule has 0 unspecified atom stereocenters. The summed E-state index contributed by atoms with van der Waals surface area (Å²) >= 11 is 3.36. The predicted molar refractivity (Wildman–Crippen MR) is 58.0 cm³/mol. The van der Waals surface area contributed by atoms with Gasteiger partial charge >= 0.3 is 0 Å². The summed E-state index contributed by atoms with van der Waals surface area (Å²) in [4.78, 5) is 4.46. The van der Waals surface area contributed by atoms with Gasteiger partial charge in [0, 0.05) is 0 Å². The average molecular weight is 211 g/mol. The van der Waals surface area contributed by atoms with Crippen LogP contribution in [0.5, 0.6) is 5.75 Å². The van der Waals surface area contributed by atoms with Gasteiger partial charge in [-0.1, -0.05) is 17.8 Å². The van der Waals surface area contributed by atoms with E-state index in [1.807, 2.05) is 18.4 Å². The molecule has 0 bridgehead atoms. The van der Waals surface area contributed by atoms with E-state index in [2.05, 4.69) is 11.1 Å². The van der Waals surface area contributed by atoms with Crippen LogP contribution in [0.1, 0.15) is 0 Å². The summed E-state index contributed by atoms with van der Waals surface area (Å²) in [5, 5.41) is 0. The molecule has 1 aromatic heterocycles. The third-order valence-electron chi connectivity index (χ3n) is 1.76. The van der Waals surface area contributed by atoms with Crippen molar-refractivity contribution in [1.29, 1.82) is 0 Å². The summed E-state index contributed by atoms with van der Waals surface area (Å²) < 4.78 is 7.49. The van der Waals surface area contributed by atoms with Gasteiger partial charge in [-0.15, -0.1) is 11.3 Å². The summed E-state index contributed by atoms with van der Waals surface area (Å²) in [6, 6.07) is 5.99. The van der Waals surface area contributed by atoms with Gasteiger partial charge in [-0.3, -0.25) is 0 Å². The van der Waals surface area contributed by atoms with Crippen LogP contribution in [0.3, 0.4) is 0 Å². The summed E-state index contributed by atoms with van der Waals surface area (Å²) in [5.74, 6) is 0.856. The van der Waals surface area contributed by atoms with Crippen molar-refractivity contribution >= 4 is 33.3 Å². The first-order valence-electron chi connectivity index (χ1n) is 3.82. The molecule has 1 aromatic carbocycles. The minimum atomic E-state index is 0.856. The molecule has 0 saturated heterocycles. The highest BCUT2D eigenvalue weighted by Crippen LogP contribution is 2.32. The number of hydrogen-bond acceptors (Lipinski definition) is 4. The van der Waals surface area contributed by atoms with E-state index in [0.29, 0.717) is 0 Å². The van der Waals surface area contributed by atoms with E-state index < -0.39 is 0 Å². The van der Waals surface area contributed by atoms with Crippen molar-refractivity contribution in [3.05, 3.63) is 18.2 Å². The maximum absolute atomic E-state index is 5.22. The van der Waals surface area contributed by atoms with Crippen molar-refractivity contribution in [3.8, 4) is 5.75 Å². The lowest BCUT2D eigenvalue weighted by Crippen LogP contribution is -1.82. The number of hydrogen-bond donors (Lipinski definition) is 0. The fourth-order valence-corrected chi connectivity index (χ4v) is 2.65. The van der Waals surface area contributed by atoms with Crippen molar-refractivity contribution in [1.82, 2.24) is 4.98 Å². The van der Waals surface area contributed by atoms with Gasteiger partial charge in [-0.2, -0.15) is 0 Å². The van der Waals surface area contributed by atoms with Crippen LogP contribution in [0.15, 0.2) is 22.5 Å². The molecule has 0 aliphatic carbocycles. The zero-order chi connectivity index (χ0) is 9.26. The van der Waals surface area contributed by atoms with Crippen molar-refractivity contribution < 1.29 is 4.74 Å². The Labute approximate surface area is 84.9 Å². The number of thioether (sulfide) groups is 1. The molecule has 4 heteroatoms. The van der Waals surface area contributed by atoms with Gasteiger partial charge in [0.25, 0.3) is 0 Å². The molecule has 0 aliphatic heterocycles. The zero-order valence-electron chi connectivity index (χ0n) is 7.40. The topological polar surface area (TPSA) is 22.1 Å². The van der Waals surface area contributed by atoms with Crippen LogP contribution in [-0.4, -0.2) is 18.3 Å². The number of ether oxygens (including phenoxy) is 1. The average Bonchev–Trinajstić information content (AvgIpc) is 2.59. The summed E-state index contributed by atoms with van der Waals surface area (Å²) in [6.07, 6.45) is 2.03. The zero-order valence-corrected chi connectivity index (χ0v) is 9.04. The van der Waals surface area contributed by atoms with E-state index in [0.717, 1.165) is 15.6 Å². The molecule has 0 N–H and O–H groups in total. The highest BCUT2D eigenvalue weighted by Gasteiger charge is 2.06. The molecule has 2 aromatic rings. The third kappa shape index (κ3) is 1.51. The first kappa shape index (κ1) is 8.84. The van der Waals surface area contributed by atoms with Crippen LogP contribution >= 0.6 is 23.1 Å². The van der Waals surface area contributed by atoms with Crippen LogP contribution in [0.25, 0.3) is 10.2 Å². The molecule has 13 heavy (non-hydrogen) atoms. The summed E-state index contributed by atoms with van der Waals surface area (Å²) in [7, 11) is 1.67. The van der Waals surface area contributed by atoms with E-state index in [1.54, 1.807) is 30.2 Å². The highest BCUT2D eigenvalue weighted by molar-refractivity contribution is 8.00. The highest BCUT2D eigenvalue weighted by atomic mass is 32.2. The maximum Gasteiger partial charge on any atom is 0.151 e. The second-order valence-corrected chi connectivity index (χ2v) is 4.57. The molecule has 0 amide bonds. The lowest BCUT2D eigenvalue weighted by atomic mass is 10.3. The molecule has 0 atom stereocenters. The molecule has 68 valence electrons. The van der Waals surface area contributed by atoms with Crippen LogP contribution in [0, 0.1) is 0 Å². The second kappa shape index (κ2) is 3.55. The standard InChI is InChI=1S/C9H9NOS2/c1-11-6-4-3-5-7-8(6)10-9(12-2)13-7/h3-5H,1-2H3. The number of aromatic nitrogens is 1. The maximum atomic E-state index is 5.22. The summed E-state index contributed by atoms with van der Waals surface area (Å²) in [5.41, 5.74) is 0.972. The van der Waals surface area contributed by atoms with Crippen molar-refractivity contribution in [2.75, 3.05) is 13.4 Å². The molecule has 2 rings (SSSR count). The molecule has 0 saturated carbocycles. The first-order valence-corrected chi connectivity index (χ1v) is 5.87. The largest absolute Gasteiger partial charge is 0.494 e. The van der Waals surface area contributed by atoms with Gasteiger partial charge in [0.15, 0.2) is 4.34 Å². The van der Waals surface area contributed by atoms with E-state index in [9.17, 15) is 0 Å². The van der Waals surface area contributed by atoms with Gasteiger partial charge in [-0.25, -0.2) is 4.98 Å². The van der Waals surface area contributed by atoms with E-state index >= 15 is 0 Å². The monoisotopic (exact) mass is 211 g/mol. The first-order chi connectivity index (χ1) is 6.35. The molecular formula is C9H9NOS2. The molecule has 1 heterocycles. The van der Waals surface area contributed by atoms with Gasteiger partial charge < -0.3 is 4.74 Å². The fourth-order valence-electron chi connectivity index (χ4n) is 1.15.